The summed E-state index contributed by atoms with van der Waals surface area (Å²) in [7, 11) is 0. The van der Waals surface area contributed by atoms with Crippen molar-refractivity contribution in [1.82, 2.24) is 24.6 Å². The number of carbonyl (C=O) groups excluding carboxylic acids is 1. The van der Waals surface area contributed by atoms with Gasteiger partial charge in [-0.25, -0.2) is 4.98 Å². The molecule has 3 aromatic rings. The van der Waals surface area contributed by atoms with Crippen LogP contribution in [0.4, 0.5) is 0 Å². The van der Waals surface area contributed by atoms with Crippen LogP contribution in [0.15, 0.2) is 28.2 Å². The van der Waals surface area contributed by atoms with E-state index in [0.717, 1.165) is 12.0 Å². The maximum absolute atomic E-state index is 13.5. The molecule has 0 unspecified atom stereocenters. The Morgan fingerprint density at radius 1 is 1.28 bits per heavy atom. The molecule has 0 saturated heterocycles. The molecular formula is C22H27N5O4S. The van der Waals surface area contributed by atoms with Gasteiger partial charge in [-0.15, -0.1) is 0 Å². The number of aromatic nitrogens is 4. The number of nitrogens with one attached hydrogen (secondary N) is 1. The van der Waals surface area contributed by atoms with Crippen molar-refractivity contribution in [3.63, 3.8) is 0 Å². The van der Waals surface area contributed by atoms with Crippen molar-refractivity contribution in [2.75, 3.05) is 12.5 Å². The molecule has 0 saturated carbocycles. The minimum Gasteiger partial charge on any atom is -0.454 e. The van der Waals surface area contributed by atoms with Gasteiger partial charge < -0.3 is 14.8 Å². The summed E-state index contributed by atoms with van der Waals surface area (Å²) in [6.45, 7) is 8.81. The van der Waals surface area contributed by atoms with Gasteiger partial charge in [0.1, 0.15) is 5.52 Å². The van der Waals surface area contributed by atoms with E-state index >= 15 is 0 Å². The zero-order chi connectivity index (χ0) is 22.8. The summed E-state index contributed by atoms with van der Waals surface area (Å²) in [6.07, 6.45) is 0.852. The summed E-state index contributed by atoms with van der Waals surface area (Å²) in [6, 6.07) is 5.70. The minimum absolute atomic E-state index is 0.0886. The van der Waals surface area contributed by atoms with Crippen LogP contribution in [0.5, 0.6) is 11.5 Å². The SMILES string of the molecule is CC[C@H](C)NC(=O)CSc1nc2c(C)nn(CC)c2c(=O)n1Cc1ccc2c(c1)OCO2. The van der Waals surface area contributed by atoms with E-state index in [2.05, 4.69) is 10.4 Å². The molecule has 0 bridgehead atoms. The van der Waals surface area contributed by atoms with Gasteiger partial charge in [0.25, 0.3) is 5.56 Å². The highest BCUT2D eigenvalue weighted by molar-refractivity contribution is 7.99. The molecule has 10 heteroatoms. The molecule has 3 heterocycles. The number of amides is 1. The topological polar surface area (TPSA) is 100 Å². The molecule has 9 nitrogen and oxygen atoms in total. The molecule has 170 valence electrons. The van der Waals surface area contributed by atoms with Crippen LogP contribution in [0, 0.1) is 6.92 Å². The Bertz CT molecular complexity index is 1220. The average molecular weight is 458 g/mol. The number of nitrogens with zero attached hydrogens (tertiary/aromatic N) is 4. The number of thioether (sulfide) groups is 1. The summed E-state index contributed by atoms with van der Waals surface area (Å²) in [5, 5.41) is 7.90. The monoisotopic (exact) mass is 457 g/mol. The summed E-state index contributed by atoms with van der Waals surface area (Å²) in [5.74, 6) is 1.42. The second-order valence-electron chi connectivity index (χ2n) is 7.74. The van der Waals surface area contributed by atoms with Crippen LogP contribution >= 0.6 is 11.8 Å². The second kappa shape index (κ2) is 9.23. The maximum atomic E-state index is 13.5. The predicted octanol–water partition coefficient (Wildman–Crippen LogP) is 2.71. The van der Waals surface area contributed by atoms with E-state index in [4.69, 9.17) is 14.5 Å². The first-order chi connectivity index (χ1) is 15.4. The Kier molecular flexibility index (Phi) is 6.40. The Balaban J connectivity index is 1.72. The second-order valence-corrected chi connectivity index (χ2v) is 8.68. The third-order valence-electron chi connectivity index (χ3n) is 5.41. The molecule has 2 aromatic heterocycles. The fourth-order valence-electron chi connectivity index (χ4n) is 3.54. The number of hydrogen-bond acceptors (Lipinski definition) is 7. The molecule has 0 fully saturated rings. The first kappa shape index (κ1) is 22.2. The van der Waals surface area contributed by atoms with Crippen molar-refractivity contribution in [2.45, 2.75) is 58.4 Å². The lowest BCUT2D eigenvalue weighted by atomic mass is 10.2. The average Bonchev–Trinajstić information content (AvgIpc) is 3.38. The van der Waals surface area contributed by atoms with Crippen LogP contribution in [0.3, 0.4) is 0 Å². The van der Waals surface area contributed by atoms with E-state index in [1.54, 1.807) is 9.25 Å². The maximum Gasteiger partial charge on any atom is 0.280 e. The Labute approximate surface area is 190 Å². The number of benzene rings is 1. The predicted molar refractivity (Wildman–Crippen MR) is 122 cm³/mol. The van der Waals surface area contributed by atoms with E-state index in [1.165, 1.54) is 11.8 Å². The van der Waals surface area contributed by atoms with E-state index in [1.807, 2.05) is 45.9 Å². The van der Waals surface area contributed by atoms with Gasteiger partial charge in [-0.1, -0.05) is 24.8 Å². The van der Waals surface area contributed by atoms with Crippen molar-refractivity contribution in [3.8, 4) is 11.5 Å². The molecule has 1 amide bonds. The summed E-state index contributed by atoms with van der Waals surface area (Å²) in [4.78, 5) is 30.6. The highest BCUT2D eigenvalue weighted by Crippen LogP contribution is 2.33. The number of aryl methyl sites for hydroxylation is 2. The molecule has 1 atom stereocenters. The summed E-state index contributed by atoms with van der Waals surface area (Å²) >= 11 is 1.25. The van der Waals surface area contributed by atoms with Gasteiger partial charge in [-0.2, -0.15) is 5.10 Å². The highest BCUT2D eigenvalue weighted by atomic mass is 32.2. The molecule has 0 aliphatic carbocycles. The quantitative estimate of drug-likeness (QED) is 0.410. The molecule has 4 rings (SSSR count). The Hall–Kier alpha value is -3.01. The summed E-state index contributed by atoms with van der Waals surface area (Å²) in [5.41, 5.74) is 2.44. The van der Waals surface area contributed by atoms with Gasteiger partial charge >= 0.3 is 0 Å². The number of rotatable bonds is 8. The molecule has 32 heavy (non-hydrogen) atoms. The third-order valence-corrected chi connectivity index (χ3v) is 6.39. The normalized spacial score (nSPS) is 13.5. The number of carbonyl (C=O) groups is 1. The molecule has 1 aliphatic heterocycles. The zero-order valence-electron chi connectivity index (χ0n) is 18.7. The summed E-state index contributed by atoms with van der Waals surface area (Å²) < 4.78 is 14.1. The van der Waals surface area contributed by atoms with Gasteiger partial charge in [0.2, 0.25) is 12.7 Å². The van der Waals surface area contributed by atoms with Gasteiger partial charge in [-0.05, 0) is 44.9 Å². The van der Waals surface area contributed by atoms with Crippen LogP contribution in [0.25, 0.3) is 11.0 Å². The lowest BCUT2D eigenvalue weighted by Gasteiger charge is -2.14. The molecule has 1 N–H and O–H groups in total. The Morgan fingerprint density at radius 2 is 2.06 bits per heavy atom. The molecule has 1 aromatic carbocycles. The number of fused-ring (bicyclic) bond motifs is 2. The molecule has 1 aliphatic rings. The number of ether oxygens (including phenoxy) is 2. The van der Waals surface area contributed by atoms with Crippen molar-refractivity contribution in [3.05, 3.63) is 39.8 Å². The van der Waals surface area contributed by atoms with Gasteiger partial charge in [0.05, 0.1) is 18.0 Å². The largest absolute Gasteiger partial charge is 0.454 e. The third kappa shape index (κ3) is 4.32. The first-order valence-electron chi connectivity index (χ1n) is 10.7. The Morgan fingerprint density at radius 3 is 2.81 bits per heavy atom. The van der Waals surface area contributed by atoms with Gasteiger partial charge in [0, 0.05) is 12.6 Å². The van der Waals surface area contributed by atoms with Crippen LogP contribution in [0.2, 0.25) is 0 Å². The minimum atomic E-state index is -0.181. The molecule has 0 spiro atoms. The van der Waals surface area contributed by atoms with Crippen LogP contribution < -0.4 is 20.3 Å². The first-order valence-corrected chi connectivity index (χ1v) is 11.7. The number of hydrogen-bond donors (Lipinski definition) is 1. The van der Waals surface area contributed by atoms with Gasteiger partial charge in [-0.3, -0.25) is 18.8 Å². The van der Waals surface area contributed by atoms with Crippen molar-refractivity contribution < 1.29 is 14.3 Å². The van der Waals surface area contributed by atoms with Crippen molar-refractivity contribution in [1.29, 1.82) is 0 Å². The van der Waals surface area contributed by atoms with Crippen LogP contribution in [0.1, 0.15) is 38.4 Å². The van der Waals surface area contributed by atoms with Crippen molar-refractivity contribution >= 4 is 28.7 Å². The van der Waals surface area contributed by atoms with Crippen LogP contribution in [-0.2, 0) is 17.9 Å². The van der Waals surface area contributed by atoms with Crippen LogP contribution in [-0.4, -0.2) is 43.8 Å². The highest BCUT2D eigenvalue weighted by Gasteiger charge is 2.20. The smallest absolute Gasteiger partial charge is 0.280 e. The lowest BCUT2D eigenvalue weighted by Crippen LogP contribution is -2.33. The standard InChI is InChI=1S/C22H27N5O4S/c1-5-13(3)23-18(28)11-32-22-24-19-14(4)25-27(6-2)20(19)21(29)26(22)10-15-7-8-16-17(9-15)31-12-30-16/h7-9,13H,5-6,10-12H2,1-4H3,(H,23,28)/t13-/m0/s1. The van der Waals surface area contributed by atoms with Crippen molar-refractivity contribution in [2.24, 2.45) is 0 Å². The van der Waals surface area contributed by atoms with Gasteiger partial charge in [0.15, 0.2) is 22.2 Å². The molecular weight excluding hydrogens is 430 g/mol. The lowest BCUT2D eigenvalue weighted by molar-refractivity contribution is -0.119. The zero-order valence-corrected chi connectivity index (χ0v) is 19.5. The van der Waals surface area contributed by atoms with E-state index in [0.29, 0.717) is 46.5 Å². The van der Waals surface area contributed by atoms with E-state index in [9.17, 15) is 9.59 Å². The van der Waals surface area contributed by atoms with E-state index in [-0.39, 0.29) is 30.1 Å². The van der Waals surface area contributed by atoms with E-state index < -0.39 is 0 Å². The fraction of sp³-hybridized carbons (Fsp3) is 0.455. The fourth-order valence-corrected chi connectivity index (χ4v) is 4.34. The molecule has 0 radical (unpaired) electrons.